The van der Waals surface area contributed by atoms with Gasteiger partial charge in [-0.3, -0.25) is 4.79 Å². The number of aromatic nitrogens is 4. The molecule has 25 heavy (non-hydrogen) atoms. The van der Waals surface area contributed by atoms with E-state index in [1.807, 2.05) is 4.90 Å². The maximum atomic E-state index is 12.3. The van der Waals surface area contributed by atoms with Crippen LogP contribution in [-0.4, -0.2) is 63.5 Å². The van der Waals surface area contributed by atoms with E-state index in [0.717, 1.165) is 13.1 Å². The highest BCUT2D eigenvalue weighted by atomic mass is 35.5. The van der Waals surface area contributed by atoms with E-state index in [-0.39, 0.29) is 17.0 Å². The highest BCUT2D eigenvalue weighted by Crippen LogP contribution is 2.13. The monoisotopic (exact) mass is 362 g/mol. The molecule has 1 fully saturated rings. The van der Waals surface area contributed by atoms with Crippen molar-refractivity contribution in [2.45, 2.75) is 6.42 Å². The Morgan fingerprint density at radius 1 is 1.20 bits per heavy atom. The first-order valence-corrected chi connectivity index (χ1v) is 8.33. The van der Waals surface area contributed by atoms with E-state index in [4.69, 9.17) is 17.3 Å². The Morgan fingerprint density at radius 2 is 1.92 bits per heavy atom. The van der Waals surface area contributed by atoms with Gasteiger partial charge in [-0.2, -0.15) is 4.98 Å². The molecular weight excluding hydrogens is 344 g/mol. The van der Waals surface area contributed by atoms with Gasteiger partial charge < -0.3 is 20.9 Å². The molecule has 3 heterocycles. The van der Waals surface area contributed by atoms with Crippen LogP contribution in [0.1, 0.15) is 6.42 Å². The molecule has 132 valence electrons. The third-order valence-electron chi connectivity index (χ3n) is 3.82. The highest BCUT2D eigenvalue weighted by molar-refractivity contribution is 6.29. The minimum absolute atomic E-state index is 0.0919. The first-order valence-electron chi connectivity index (χ1n) is 7.95. The number of nitrogens with one attached hydrogen (secondary N) is 1. The fourth-order valence-electron chi connectivity index (χ4n) is 2.59. The largest absolute Gasteiger partial charge is 0.369 e. The molecule has 10 heteroatoms. The zero-order valence-corrected chi connectivity index (χ0v) is 14.4. The first kappa shape index (κ1) is 17.2. The Hall–Kier alpha value is -2.68. The van der Waals surface area contributed by atoms with Gasteiger partial charge in [0.1, 0.15) is 11.0 Å². The third kappa shape index (κ3) is 4.66. The third-order valence-corrected chi connectivity index (χ3v) is 4.02. The van der Waals surface area contributed by atoms with Gasteiger partial charge in [0.05, 0.1) is 0 Å². The van der Waals surface area contributed by atoms with Crippen LogP contribution in [0.15, 0.2) is 24.5 Å². The summed E-state index contributed by atoms with van der Waals surface area (Å²) in [6.45, 7) is 3.21. The summed E-state index contributed by atoms with van der Waals surface area (Å²) >= 11 is 5.82. The fraction of sp³-hybridized carbons (Fsp3) is 0.400. The van der Waals surface area contributed by atoms with Crippen LogP contribution in [0.5, 0.6) is 0 Å². The van der Waals surface area contributed by atoms with Crippen molar-refractivity contribution < 1.29 is 4.79 Å². The van der Waals surface area contributed by atoms with Gasteiger partial charge in [0, 0.05) is 57.6 Å². The molecule has 0 unspecified atom stereocenters. The molecule has 0 radical (unpaired) electrons. The van der Waals surface area contributed by atoms with Gasteiger partial charge in [-0.15, -0.1) is 0 Å². The number of hydrogen-bond donors (Lipinski definition) is 2. The van der Waals surface area contributed by atoms with Crippen LogP contribution < -0.4 is 16.0 Å². The Labute approximate surface area is 150 Å². The van der Waals surface area contributed by atoms with Crippen LogP contribution in [0.4, 0.5) is 17.7 Å². The van der Waals surface area contributed by atoms with Gasteiger partial charge >= 0.3 is 0 Å². The quantitative estimate of drug-likeness (QED) is 0.745. The van der Waals surface area contributed by atoms with Crippen molar-refractivity contribution >= 4 is 35.2 Å². The number of carbonyl (C=O) groups is 1. The van der Waals surface area contributed by atoms with Crippen molar-refractivity contribution in [3.63, 3.8) is 0 Å². The normalized spacial score (nSPS) is 14.4. The molecule has 2 aromatic rings. The highest BCUT2D eigenvalue weighted by Gasteiger charge is 2.22. The smallest absolute Gasteiger partial charge is 0.225 e. The zero-order chi connectivity index (χ0) is 17.6. The Kier molecular flexibility index (Phi) is 5.44. The first-order chi connectivity index (χ1) is 12.1. The lowest BCUT2D eigenvalue weighted by Crippen LogP contribution is -2.49. The molecule has 0 saturated carbocycles. The average Bonchev–Trinajstić information content (AvgIpc) is 2.62. The lowest BCUT2D eigenvalue weighted by Gasteiger charge is -2.34. The van der Waals surface area contributed by atoms with E-state index in [9.17, 15) is 4.79 Å². The molecule has 3 N–H and O–H groups in total. The molecular formula is C15H19ClN8O. The van der Waals surface area contributed by atoms with Gasteiger partial charge in [0.2, 0.25) is 17.8 Å². The number of rotatable bonds is 5. The van der Waals surface area contributed by atoms with Crippen LogP contribution in [-0.2, 0) is 4.79 Å². The second kappa shape index (κ2) is 7.93. The molecule has 0 bridgehead atoms. The number of carbonyl (C=O) groups excluding carboxylic acids is 1. The van der Waals surface area contributed by atoms with E-state index in [1.165, 1.54) is 0 Å². The van der Waals surface area contributed by atoms with Gasteiger partial charge in [-0.25, -0.2) is 15.0 Å². The second-order valence-corrected chi connectivity index (χ2v) is 5.91. The molecule has 0 aromatic carbocycles. The van der Waals surface area contributed by atoms with Crippen LogP contribution in [0.2, 0.25) is 5.15 Å². The molecule has 3 rings (SSSR count). The van der Waals surface area contributed by atoms with Gasteiger partial charge in [0.15, 0.2) is 0 Å². The van der Waals surface area contributed by atoms with E-state index < -0.39 is 0 Å². The maximum absolute atomic E-state index is 12.3. The van der Waals surface area contributed by atoms with Gasteiger partial charge in [0.25, 0.3) is 0 Å². The summed E-state index contributed by atoms with van der Waals surface area (Å²) in [7, 11) is 0. The molecule has 2 aromatic heterocycles. The van der Waals surface area contributed by atoms with Crippen molar-refractivity contribution in [3.05, 3.63) is 29.7 Å². The molecule has 1 saturated heterocycles. The van der Waals surface area contributed by atoms with Crippen LogP contribution in [0.25, 0.3) is 0 Å². The number of nitrogen functional groups attached to an aromatic ring is 1. The van der Waals surface area contributed by atoms with Crippen LogP contribution in [0.3, 0.4) is 0 Å². The Balaban J connectivity index is 1.43. The number of nitrogens with two attached hydrogens (primary N) is 1. The van der Waals surface area contributed by atoms with E-state index >= 15 is 0 Å². The summed E-state index contributed by atoms with van der Waals surface area (Å²) in [6.07, 6.45) is 3.80. The lowest BCUT2D eigenvalue weighted by molar-refractivity contribution is -0.131. The number of amides is 1. The Bertz CT molecular complexity index is 700. The van der Waals surface area contributed by atoms with Crippen molar-refractivity contribution in [1.29, 1.82) is 0 Å². The summed E-state index contributed by atoms with van der Waals surface area (Å²) in [5.41, 5.74) is 5.53. The summed E-state index contributed by atoms with van der Waals surface area (Å²) in [6, 6.07) is 3.36. The fourth-order valence-corrected chi connectivity index (χ4v) is 2.78. The van der Waals surface area contributed by atoms with Crippen molar-refractivity contribution in [2.24, 2.45) is 0 Å². The predicted octanol–water partition coefficient (Wildman–Crippen LogP) is 0.653. The minimum Gasteiger partial charge on any atom is -0.369 e. The summed E-state index contributed by atoms with van der Waals surface area (Å²) in [5.74, 6) is 1.40. The van der Waals surface area contributed by atoms with Crippen molar-refractivity contribution in [1.82, 2.24) is 24.8 Å². The molecule has 0 aliphatic carbocycles. The average molecular weight is 363 g/mol. The summed E-state index contributed by atoms with van der Waals surface area (Å²) in [4.78, 5) is 32.5. The zero-order valence-electron chi connectivity index (χ0n) is 13.6. The summed E-state index contributed by atoms with van der Waals surface area (Å²) < 4.78 is 0. The molecule has 0 atom stereocenters. The molecule has 9 nitrogen and oxygen atoms in total. The van der Waals surface area contributed by atoms with E-state index in [2.05, 4.69) is 30.2 Å². The van der Waals surface area contributed by atoms with Crippen LogP contribution >= 0.6 is 11.6 Å². The predicted molar refractivity (Wildman–Crippen MR) is 95.4 cm³/mol. The number of piperazine rings is 1. The number of anilines is 3. The number of nitrogens with zero attached hydrogens (tertiary/aromatic N) is 6. The molecule has 1 amide bonds. The van der Waals surface area contributed by atoms with Crippen molar-refractivity contribution in [2.75, 3.05) is 48.7 Å². The van der Waals surface area contributed by atoms with E-state index in [1.54, 1.807) is 24.5 Å². The van der Waals surface area contributed by atoms with Crippen molar-refractivity contribution in [3.8, 4) is 0 Å². The lowest BCUT2D eigenvalue weighted by atomic mass is 10.3. The maximum Gasteiger partial charge on any atom is 0.225 e. The number of halogens is 1. The second-order valence-electron chi connectivity index (χ2n) is 5.53. The van der Waals surface area contributed by atoms with Crippen LogP contribution in [0, 0.1) is 0 Å². The number of hydrogen-bond acceptors (Lipinski definition) is 8. The summed E-state index contributed by atoms with van der Waals surface area (Å²) in [5, 5.41) is 3.30. The topological polar surface area (TPSA) is 113 Å². The van der Waals surface area contributed by atoms with Gasteiger partial charge in [-0.1, -0.05) is 11.6 Å². The van der Waals surface area contributed by atoms with Gasteiger partial charge in [-0.05, 0) is 6.07 Å². The SMILES string of the molecule is Nc1nc(Cl)cc(NCCC(=O)N2CCN(c3ncccn3)CC2)n1. The minimum atomic E-state index is 0.0919. The molecule has 1 aliphatic rings. The molecule has 1 aliphatic heterocycles. The van der Waals surface area contributed by atoms with E-state index in [0.29, 0.717) is 37.8 Å². The Morgan fingerprint density at radius 3 is 2.60 bits per heavy atom. The standard InChI is InChI=1S/C15H19ClN8O/c16-11-10-12(22-14(17)21-11)18-5-2-13(25)23-6-8-24(9-7-23)15-19-3-1-4-20-15/h1,3-4,10H,2,5-9H2,(H3,17,18,21,22). The molecule has 0 spiro atoms.